The Morgan fingerprint density at radius 2 is 1.92 bits per heavy atom. The standard InChI is InChI=1S/C17H21F2NO5/c1-5-11-9-20(15(21)25-16(2,3)4)8-10-6-13-14(7-12(10)22-11)24-17(18,19)23-13/h6-7,11H,5,8-9H2,1-4H3/t11-/m1/s1. The summed E-state index contributed by atoms with van der Waals surface area (Å²) >= 11 is 0. The van der Waals surface area contributed by atoms with Crippen molar-refractivity contribution >= 4 is 6.09 Å². The average molecular weight is 357 g/mol. The topological polar surface area (TPSA) is 57.2 Å². The normalized spacial score (nSPS) is 21.2. The zero-order valence-corrected chi connectivity index (χ0v) is 14.6. The molecule has 1 aromatic carbocycles. The number of rotatable bonds is 1. The van der Waals surface area contributed by atoms with Gasteiger partial charge in [-0.2, -0.15) is 0 Å². The molecule has 0 aromatic heterocycles. The van der Waals surface area contributed by atoms with Crippen LogP contribution in [0.5, 0.6) is 17.2 Å². The Morgan fingerprint density at radius 1 is 1.28 bits per heavy atom. The van der Waals surface area contributed by atoms with Crippen LogP contribution in [0.25, 0.3) is 0 Å². The summed E-state index contributed by atoms with van der Waals surface area (Å²) < 4.78 is 46.8. The van der Waals surface area contributed by atoms with E-state index in [4.69, 9.17) is 9.47 Å². The minimum Gasteiger partial charge on any atom is -0.488 e. The number of carbonyl (C=O) groups excluding carboxylic acids is 1. The largest absolute Gasteiger partial charge is 0.586 e. The van der Waals surface area contributed by atoms with Crippen molar-refractivity contribution in [2.45, 2.75) is 58.7 Å². The van der Waals surface area contributed by atoms with Crippen molar-refractivity contribution in [2.24, 2.45) is 0 Å². The van der Waals surface area contributed by atoms with E-state index in [2.05, 4.69) is 9.47 Å². The molecule has 0 saturated heterocycles. The monoisotopic (exact) mass is 357 g/mol. The second kappa shape index (κ2) is 5.93. The van der Waals surface area contributed by atoms with Crippen LogP contribution in [0.15, 0.2) is 12.1 Å². The van der Waals surface area contributed by atoms with Gasteiger partial charge in [0.25, 0.3) is 0 Å². The molecule has 2 aliphatic heterocycles. The fraction of sp³-hybridized carbons (Fsp3) is 0.588. The first-order valence-corrected chi connectivity index (χ1v) is 8.13. The second-order valence-electron chi connectivity index (χ2n) is 7.08. The van der Waals surface area contributed by atoms with Crippen LogP contribution >= 0.6 is 0 Å². The fourth-order valence-electron chi connectivity index (χ4n) is 2.66. The van der Waals surface area contributed by atoms with Crippen molar-refractivity contribution < 1.29 is 32.5 Å². The molecular formula is C17H21F2NO5. The van der Waals surface area contributed by atoms with Crippen molar-refractivity contribution in [1.29, 1.82) is 0 Å². The van der Waals surface area contributed by atoms with Gasteiger partial charge in [0.2, 0.25) is 0 Å². The van der Waals surface area contributed by atoms with Crippen molar-refractivity contribution in [2.75, 3.05) is 6.54 Å². The van der Waals surface area contributed by atoms with Crippen molar-refractivity contribution in [3.8, 4) is 17.2 Å². The molecule has 8 heteroatoms. The van der Waals surface area contributed by atoms with Gasteiger partial charge in [0.05, 0.1) is 13.1 Å². The molecule has 0 radical (unpaired) electrons. The Hall–Kier alpha value is -2.25. The molecule has 1 aromatic rings. The molecule has 2 aliphatic rings. The number of alkyl halides is 2. The average Bonchev–Trinajstić information content (AvgIpc) is 2.64. The van der Waals surface area contributed by atoms with Crippen molar-refractivity contribution in [3.05, 3.63) is 17.7 Å². The number of hydrogen-bond acceptors (Lipinski definition) is 5. The van der Waals surface area contributed by atoms with E-state index in [0.29, 0.717) is 24.3 Å². The van der Waals surface area contributed by atoms with E-state index < -0.39 is 18.0 Å². The molecule has 0 bridgehead atoms. The number of fused-ring (bicyclic) bond motifs is 2. The van der Waals surface area contributed by atoms with Crippen LogP contribution in [0.3, 0.4) is 0 Å². The molecule has 0 spiro atoms. The number of amides is 1. The van der Waals surface area contributed by atoms with Gasteiger partial charge in [0.1, 0.15) is 17.5 Å². The highest BCUT2D eigenvalue weighted by atomic mass is 19.3. The maximum atomic E-state index is 13.3. The lowest BCUT2D eigenvalue weighted by molar-refractivity contribution is -0.286. The van der Waals surface area contributed by atoms with E-state index in [1.807, 2.05) is 6.92 Å². The summed E-state index contributed by atoms with van der Waals surface area (Å²) in [4.78, 5) is 14.0. The lowest BCUT2D eigenvalue weighted by Crippen LogP contribution is -2.40. The summed E-state index contributed by atoms with van der Waals surface area (Å²) in [5, 5.41) is 0. The Morgan fingerprint density at radius 3 is 2.52 bits per heavy atom. The van der Waals surface area contributed by atoms with E-state index in [0.717, 1.165) is 0 Å². The zero-order valence-electron chi connectivity index (χ0n) is 14.6. The van der Waals surface area contributed by atoms with Gasteiger partial charge in [-0.05, 0) is 33.3 Å². The Kier molecular flexibility index (Phi) is 4.17. The number of nitrogens with zero attached hydrogens (tertiary/aromatic N) is 1. The van der Waals surface area contributed by atoms with Gasteiger partial charge in [-0.25, -0.2) is 4.79 Å². The lowest BCUT2D eigenvalue weighted by Gasteiger charge is -2.27. The molecule has 0 saturated carbocycles. The molecule has 25 heavy (non-hydrogen) atoms. The summed E-state index contributed by atoms with van der Waals surface area (Å²) in [5.41, 5.74) is -0.0759. The molecular weight excluding hydrogens is 336 g/mol. The number of hydrogen-bond donors (Lipinski definition) is 0. The number of halogens is 2. The van der Waals surface area contributed by atoms with Gasteiger partial charge in [0, 0.05) is 11.6 Å². The predicted octanol–water partition coefficient (Wildman–Crippen LogP) is 3.92. The number of ether oxygens (including phenoxy) is 4. The predicted molar refractivity (Wildman–Crippen MR) is 84.0 cm³/mol. The summed E-state index contributed by atoms with van der Waals surface area (Å²) in [5.74, 6) is 0.244. The van der Waals surface area contributed by atoms with E-state index in [1.54, 1.807) is 20.8 Å². The lowest BCUT2D eigenvalue weighted by atomic mass is 10.1. The van der Waals surface area contributed by atoms with Crippen molar-refractivity contribution in [1.82, 2.24) is 4.90 Å². The molecule has 1 atom stereocenters. The quantitative estimate of drug-likeness (QED) is 0.763. The summed E-state index contributed by atoms with van der Waals surface area (Å²) in [7, 11) is 0. The maximum Gasteiger partial charge on any atom is 0.586 e. The third-order valence-corrected chi connectivity index (χ3v) is 3.77. The molecule has 0 unspecified atom stereocenters. The third-order valence-electron chi connectivity index (χ3n) is 3.77. The number of carbonyl (C=O) groups is 1. The molecule has 1 amide bonds. The first-order chi connectivity index (χ1) is 11.6. The first kappa shape index (κ1) is 17.6. The minimum atomic E-state index is -3.70. The molecule has 2 heterocycles. The molecule has 0 fully saturated rings. The summed E-state index contributed by atoms with van der Waals surface area (Å²) in [6.07, 6.45) is -3.82. The van der Waals surface area contributed by atoms with Gasteiger partial charge < -0.3 is 23.8 Å². The third kappa shape index (κ3) is 3.88. The van der Waals surface area contributed by atoms with Gasteiger partial charge >= 0.3 is 12.4 Å². The van der Waals surface area contributed by atoms with Crippen LogP contribution in [-0.4, -0.2) is 35.5 Å². The van der Waals surface area contributed by atoms with Crippen LogP contribution in [0.1, 0.15) is 39.7 Å². The highest BCUT2D eigenvalue weighted by molar-refractivity contribution is 5.69. The molecule has 138 valence electrons. The Bertz CT molecular complexity index is 686. The van der Waals surface area contributed by atoms with Gasteiger partial charge in [0.15, 0.2) is 11.5 Å². The van der Waals surface area contributed by atoms with Gasteiger partial charge in [-0.3, -0.25) is 0 Å². The molecule has 0 aliphatic carbocycles. The Balaban J connectivity index is 1.90. The van der Waals surface area contributed by atoms with E-state index in [-0.39, 0.29) is 24.1 Å². The Labute approximate surface area is 144 Å². The SMILES string of the molecule is CC[C@@H]1CN(C(=O)OC(C)(C)C)Cc2cc3c(cc2O1)OC(F)(F)O3. The highest BCUT2D eigenvalue weighted by Gasteiger charge is 2.44. The maximum absolute atomic E-state index is 13.3. The number of benzene rings is 1. The van der Waals surface area contributed by atoms with Crippen LogP contribution in [-0.2, 0) is 11.3 Å². The van der Waals surface area contributed by atoms with Gasteiger partial charge in [-0.15, -0.1) is 8.78 Å². The molecule has 6 nitrogen and oxygen atoms in total. The minimum absolute atomic E-state index is 0.0774. The summed E-state index contributed by atoms with van der Waals surface area (Å²) in [6, 6.07) is 2.80. The first-order valence-electron chi connectivity index (χ1n) is 8.13. The summed E-state index contributed by atoms with van der Waals surface area (Å²) in [6.45, 7) is 7.77. The van der Waals surface area contributed by atoms with Crippen LogP contribution in [0.2, 0.25) is 0 Å². The van der Waals surface area contributed by atoms with Crippen molar-refractivity contribution in [3.63, 3.8) is 0 Å². The van der Waals surface area contributed by atoms with E-state index in [1.165, 1.54) is 17.0 Å². The smallest absolute Gasteiger partial charge is 0.488 e. The van der Waals surface area contributed by atoms with E-state index >= 15 is 0 Å². The second-order valence-corrected chi connectivity index (χ2v) is 7.08. The molecule has 0 N–H and O–H groups in total. The van der Waals surface area contributed by atoms with Crippen LogP contribution < -0.4 is 14.2 Å². The fourth-order valence-corrected chi connectivity index (χ4v) is 2.66. The zero-order chi connectivity index (χ0) is 18.4. The van der Waals surface area contributed by atoms with E-state index in [9.17, 15) is 13.6 Å². The van der Waals surface area contributed by atoms with Crippen LogP contribution in [0, 0.1) is 0 Å². The van der Waals surface area contributed by atoms with Crippen LogP contribution in [0.4, 0.5) is 13.6 Å². The van der Waals surface area contributed by atoms with Gasteiger partial charge in [-0.1, -0.05) is 6.92 Å². The molecule has 3 rings (SSSR count). The highest BCUT2D eigenvalue weighted by Crippen LogP contribution is 2.45.